The average molecular weight is 268 g/mol. The molecule has 19 heavy (non-hydrogen) atoms. The van der Waals surface area contributed by atoms with E-state index in [1.807, 2.05) is 0 Å². The summed E-state index contributed by atoms with van der Waals surface area (Å²) >= 11 is 0. The van der Waals surface area contributed by atoms with Gasteiger partial charge in [-0.25, -0.2) is 8.78 Å². The number of piperidine rings is 1. The van der Waals surface area contributed by atoms with Crippen LogP contribution in [0.2, 0.25) is 0 Å². The van der Waals surface area contributed by atoms with Crippen molar-refractivity contribution >= 4 is 11.8 Å². The minimum Gasteiger partial charge on any atom is -0.369 e. The molecule has 1 aromatic carbocycles. The van der Waals surface area contributed by atoms with E-state index in [4.69, 9.17) is 5.73 Å². The predicted octanol–water partition coefficient (Wildman–Crippen LogP) is 1.30. The Kier molecular flexibility index (Phi) is 3.78. The van der Waals surface area contributed by atoms with Crippen molar-refractivity contribution in [2.45, 2.75) is 12.8 Å². The molecule has 2 N–H and O–H groups in total. The summed E-state index contributed by atoms with van der Waals surface area (Å²) in [6.07, 6.45) is 0.913. The zero-order valence-electron chi connectivity index (χ0n) is 10.2. The normalized spacial score (nSPS) is 16.4. The van der Waals surface area contributed by atoms with Gasteiger partial charge in [-0.3, -0.25) is 9.59 Å². The topological polar surface area (TPSA) is 63.4 Å². The molecule has 0 aliphatic carbocycles. The first-order valence-corrected chi connectivity index (χ1v) is 6.02. The Morgan fingerprint density at radius 2 is 1.84 bits per heavy atom. The third-order valence-corrected chi connectivity index (χ3v) is 3.34. The summed E-state index contributed by atoms with van der Waals surface area (Å²) in [6.45, 7) is 0.644. The second-order valence-corrected chi connectivity index (χ2v) is 4.59. The second-order valence-electron chi connectivity index (χ2n) is 4.59. The SMILES string of the molecule is NC(=O)C1CCN(C(=O)c2cc(F)ccc2F)CC1. The van der Waals surface area contributed by atoms with Crippen LogP contribution in [0.3, 0.4) is 0 Å². The Bertz CT molecular complexity index is 511. The molecule has 1 saturated heterocycles. The lowest BCUT2D eigenvalue weighted by molar-refractivity contribution is -0.123. The van der Waals surface area contributed by atoms with Crippen molar-refractivity contribution in [2.24, 2.45) is 11.7 Å². The van der Waals surface area contributed by atoms with Crippen LogP contribution in [0.15, 0.2) is 18.2 Å². The van der Waals surface area contributed by atoms with E-state index in [2.05, 4.69) is 0 Å². The molecule has 0 unspecified atom stereocenters. The van der Waals surface area contributed by atoms with Crippen LogP contribution in [0.4, 0.5) is 8.78 Å². The van der Waals surface area contributed by atoms with Crippen LogP contribution < -0.4 is 5.73 Å². The molecular formula is C13H14F2N2O2. The lowest BCUT2D eigenvalue weighted by Crippen LogP contribution is -2.42. The Labute approximate surface area is 109 Å². The number of hydrogen-bond acceptors (Lipinski definition) is 2. The van der Waals surface area contributed by atoms with E-state index in [1.54, 1.807) is 0 Å². The maximum Gasteiger partial charge on any atom is 0.256 e. The summed E-state index contributed by atoms with van der Waals surface area (Å²) in [7, 11) is 0. The molecule has 0 aromatic heterocycles. The van der Waals surface area contributed by atoms with E-state index in [-0.39, 0.29) is 17.4 Å². The fourth-order valence-corrected chi connectivity index (χ4v) is 2.20. The molecule has 2 rings (SSSR count). The highest BCUT2D eigenvalue weighted by atomic mass is 19.1. The third-order valence-electron chi connectivity index (χ3n) is 3.34. The first kappa shape index (κ1) is 13.5. The van der Waals surface area contributed by atoms with Crippen LogP contribution in [-0.2, 0) is 4.79 Å². The maximum atomic E-state index is 13.5. The zero-order chi connectivity index (χ0) is 14.0. The number of hydrogen-bond donors (Lipinski definition) is 1. The molecule has 102 valence electrons. The van der Waals surface area contributed by atoms with Crippen molar-refractivity contribution in [3.8, 4) is 0 Å². The van der Waals surface area contributed by atoms with Crippen molar-refractivity contribution in [2.75, 3.05) is 13.1 Å². The number of primary amides is 1. The molecule has 0 atom stereocenters. The number of nitrogens with two attached hydrogens (primary N) is 1. The first-order valence-electron chi connectivity index (χ1n) is 6.02. The number of carbonyl (C=O) groups is 2. The van der Waals surface area contributed by atoms with Crippen LogP contribution in [0, 0.1) is 17.6 Å². The van der Waals surface area contributed by atoms with Crippen LogP contribution in [0.25, 0.3) is 0 Å². The van der Waals surface area contributed by atoms with E-state index >= 15 is 0 Å². The number of carbonyl (C=O) groups excluding carboxylic acids is 2. The first-order chi connectivity index (χ1) is 8.99. The third kappa shape index (κ3) is 2.89. The lowest BCUT2D eigenvalue weighted by Gasteiger charge is -2.30. The van der Waals surface area contributed by atoms with E-state index in [0.29, 0.717) is 25.9 Å². The molecule has 1 fully saturated rings. The molecule has 0 saturated carbocycles. The molecule has 1 heterocycles. The van der Waals surface area contributed by atoms with Crippen molar-refractivity contribution < 1.29 is 18.4 Å². The van der Waals surface area contributed by atoms with Gasteiger partial charge in [0, 0.05) is 19.0 Å². The summed E-state index contributed by atoms with van der Waals surface area (Å²) in [5, 5.41) is 0. The molecule has 6 heteroatoms. The summed E-state index contributed by atoms with van der Waals surface area (Å²) in [6, 6.07) is 2.78. The maximum absolute atomic E-state index is 13.5. The number of halogens is 2. The van der Waals surface area contributed by atoms with E-state index in [9.17, 15) is 18.4 Å². The molecule has 1 aromatic rings. The predicted molar refractivity (Wildman–Crippen MR) is 64.2 cm³/mol. The molecule has 4 nitrogen and oxygen atoms in total. The standard InChI is InChI=1S/C13H14F2N2O2/c14-9-1-2-11(15)10(7-9)13(19)17-5-3-8(4-6-17)12(16)18/h1-2,7-8H,3-6H2,(H2,16,18). The smallest absolute Gasteiger partial charge is 0.256 e. The van der Waals surface area contributed by atoms with E-state index in [0.717, 1.165) is 18.2 Å². The van der Waals surface area contributed by atoms with Crippen LogP contribution in [0.5, 0.6) is 0 Å². The summed E-state index contributed by atoms with van der Waals surface area (Å²) < 4.78 is 26.5. The average Bonchev–Trinajstić information content (AvgIpc) is 2.41. The van der Waals surface area contributed by atoms with Gasteiger partial charge in [0.1, 0.15) is 11.6 Å². The summed E-state index contributed by atoms with van der Waals surface area (Å²) in [5.74, 6) is -2.59. The number of benzene rings is 1. The highest BCUT2D eigenvalue weighted by molar-refractivity contribution is 5.94. The van der Waals surface area contributed by atoms with Gasteiger partial charge in [-0.05, 0) is 31.0 Å². The van der Waals surface area contributed by atoms with Crippen LogP contribution in [0.1, 0.15) is 23.2 Å². The molecule has 0 bridgehead atoms. The van der Waals surface area contributed by atoms with Gasteiger partial charge >= 0.3 is 0 Å². The summed E-state index contributed by atoms with van der Waals surface area (Å²) in [5.41, 5.74) is 4.91. The number of likely N-dealkylation sites (tertiary alicyclic amines) is 1. The molecule has 0 radical (unpaired) electrons. The zero-order valence-corrected chi connectivity index (χ0v) is 10.2. The van der Waals surface area contributed by atoms with Gasteiger partial charge in [-0.15, -0.1) is 0 Å². The minimum absolute atomic E-state index is 0.249. The Morgan fingerprint density at radius 3 is 2.42 bits per heavy atom. The van der Waals surface area contributed by atoms with Gasteiger partial charge in [-0.1, -0.05) is 0 Å². The molecule has 1 aliphatic heterocycles. The van der Waals surface area contributed by atoms with Crippen molar-refractivity contribution in [3.05, 3.63) is 35.4 Å². The van der Waals surface area contributed by atoms with Crippen LogP contribution in [-0.4, -0.2) is 29.8 Å². The molecular weight excluding hydrogens is 254 g/mol. The van der Waals surface area contributed by atoms with E-state index in [1.165, 1.54) is 4.90 Å². The van der Waals surface area contributed by atoms with Crippen LogP contribution >= 0.6 is 0 Å². The summed E-state index contributed by atoms with van der Waals surface area (Å²) in [4.78, 5) is 24.5. The fraction of sp³-hybridized carbons (Fsp3) is 0.385. The van der Waals surface area contributed by atoms with Gasteiger partial charge in [-0.2, -0.15) is 0 Å². The Hall–Kier alpha value is -1.98. The Balaban J connectivity index is 2.09. The molecule has 1 aliphatic rings. The largest absolute Gasteiger partial charge is 0.369 e. The van der Waals surface area contributed by atoms with Gasteiger partial charge < -0.3 is 10.6 Å². The number of amides is 2. The van der Waals surface area contributed by atoms with Crippen molar-refractivity contribution in [1.82, 2.24) is 4.90 Å². The fourth-order valence-electron chi connectivity index (χ4n) is 2.20. The van der Waals surface area contributed by atoms with Crippen molar-refractivity contribution in [1.29, 1.82) is 0 Å². The van der Waals surface area contributed by atoms with Crippen molar-refractivity contribution in [3.63, 3.8) is 0 Å². The Morgan fingerprint density at radius 1 is 1.21 bits per heavy atom. The monoisotopic (exact) mass is 268 g/mol. The number of nitrogens with zero attached hydrogens (tertiary/aromatic N) is 1. The van der Waals surface area contributed by atoms with Gasteiger partial charge in [0.2, 0.25) is 5.91 Å². The number of rotatable bonds is 2. The van der Waals surface area contributed by atoms with Gasteiger partial charge in [0.15, 0.2) is 0 Å². The molecule has 2 amide bonds. The lowest BCUT2D eigenvalue weighted by atomic mass is 9.96. The molecule has 0 spiro atoms. The minimum atomic E-state index is -0.747. The van der Waals surface area contributed by atoms with E-state index < -0.39 is 17.5 Å². The highest BCUT2D eigenvalue weighted by Crippen LogP contribution is 2.20. The van der Waals surface area contributed by atoms with Gasteiger partial charge in [0.25, 0.3) is 5.91 Å². The second kappa shape index (κ2) is 5.34. The quantitative estimate of drug-likeness (QED) is 0.878. The van der Waals surface area contributed by atoms with Gasteiger partial charge in [0.05, 0.1) is 5.56 Å². The highest BCUT2D eigenvalue weighted by Gasteiger charge is 2.27.